The van der Waals surface area contributed by atoms with Gasteiger partial charge in [0.05, 0.1) is 0 Å². The number of carbonyl (C=O) groups excluding carboxylic acids is 1. The lowest BCUT2D eigenvalue weighted by atomic mass is 9.75. The molecule has 19 heavy (non-hydrogen) atoms. The van der Waals surface area contributed by atoms with Crippen LogP contribution in [-0.2, 0) is 4.74 Å². The Morgan fingerprint density at radius 3 is 2.47 bits per heavy atom. The highest BCUT2D eigenvalue weighted by molar-refractivity contribution is 6.02. The molecular formula is C16H21FO2. The Bertz CT molecular complexity index is 453. The van der Waals surface area contributed by atoms with Crippen molar-refractivity contribution < 1.29 is 13.9 Å². The summed E-state index contributed by atoms with van der Waals surface area (Å²) in [5.41, 5.74) is 0.430. The summed E-state index contributed by atoms with van der Waals surface area (Å²) in [5.74, 6) is 0.189. The van der Waals surface area contributed by atoms with Crippen molar-refractivity contribution in [1.82, 2.24) is 0 Å². The number of hydrogen-bond donors (Lipinski definition) is 0. The predicted octanol–water partition coefficient (Wildman–Crippen LogP) is 3.91. The first-order chi connectivity index (χ1) is 8.97. The van der Waals surface area contributed by atoms with Crippen LogP contribution in [0.15, 0.2) is 18.2 Å². The normalized spacial score (nSPS) is 27.3. The molecule has 1 aliphatic rings. The average Bonchev–Trinajstić information content (AvgIpc) is 2.38. The first-order valence-corrected chi connectivity index (χ1v) is 6.84. The van der Waals surface area contributed by atoms with E-state index in [2.05, 4.69) is 6.92 Å². The minimum atomic E-state index is -0.757. The summed E-state index contributed by atoms with van der Waals surface area (Å²) in [7, 11) is 1.58. The number of Topliss-reactive ketones (excluding diaryl/α,β-unsaturated/α-hetero) is 1. The van der Waals surface area contributed by atoms with E-state index in [1.807, 2.05) is 0 Å². The maximum atomic E-state index is 13.5. The second kappa shape index (κ2) is 5.41. The Morgan fingerprint density at radius 2 is 1.95 bits per heavy atom. The molecule has 0 unspecified atom stereocenters. The molecule has 0 radical (unpaired) electrons. The first-order valence-electron chi connectivity index (χ1n) is 6.84. The van der Waals surface area contributed by atoms with Crippen LogP contribution in [0.2, 0.25) is 0 Å². The molecule has 0 amide bonds. The van der Waals surface area contributed by atoms with E-state index in [0.29, 0.717) is 11.5 Å². The maximum Gasteiger partial charge on any atom is 0.194 e. The quantitative estimate of drug-likeness (QED) is 0.774. The highest BCUT2D eigenvalue weighted by Crippen LogP contribution is 2.37. The summed E-state index contributed by atoms with van der Waals surface area (Å²) in [6.07, 6.45) is 3.40. The molecule has 0 saturated heterocycles. The molecule has 1 fully saturated rings. The van der Waals surface area contributed by atoms with Crippen molar-refractivity contribution in [2.75, 3.05) is 7.11 Å². The van der Waals surface area contributed by atoms with Gasteiger partial charge in [-0.15, -0.1) is 0 Å². The van der Waals surface area contributed by atoms with Crippen molar-refractivity contribution in [2.24, 2.45) is 5.92 Å². The van der Waals surface area contributed by atoms with Crippen molar-refractivity contribution >= 4 is 5.78 Å². The van der Waals surface area contributed by atoms with Gasteiger partial charge in [-0.1, -0.05) is 6.92 Å². The Morgan fingerprint density at radius 1 is 1.32 bits per heavy atom. The fourth-order valence-corrected chi connectivity index (χ4v) is 2.88. The summed E-state index contributed by atoms with van der Waals surface area (Å²) in [4.78, 5) is 12.7. The van der Waals surface area contributed by atoms with Gasteiger partial charge in [0.1, 0.15) is 11.4 Å². The molecule has 0 atom stereocenters. The second-order valence-corrected chi connectivity index (χ2v) is 5.73. The van der Waals surface area contributed by atoms with E-state index >= 15 is 0 Å². The van der Waals surface area contributed by atoms with Crippen LogP contribution in [0.25, 0.3) is 0 Å². The molecule has 2 nitrogen and oxygen atoms in total. The number of benzene rings is 1. The molecule has 104 valence electrons. The Hall–Kier alpha value is -1.22. The third-order valence-corrected chi connectivity index (χ3v) is 4.19. The summed E-state index contributed by atoms with van der Waals surface area (Å²) in [6, 6.07) is 4.48. The molecule has 1 aromatic rings. The van der Waals surface area contributed by atoms with Gasteiger partial charge >= 0.3 is 0 Å². The number of halogens is 1. The van der Waals surface area contributed by atoms with Crippen molar-refractivity contribution in [3.63, 3.8) is 0 Å². The summed E-state index contributed by atoms with van der Waals surface area (Å²) >= 11 is 0. The standard InChI is InChI=1S/C16H21FO2/c1-11-4-6-16(19-3,7-5-11)15(18)13-8-12(2)9-14(17)10-13/h8-11H,4-7H2,1-3H3. The lowest BCUT2D eigenvalue weighted by molar-refractivity contribution is -0.0263. The molecule has 3 heteroatoms. The molecule has 1 aliphatic carbocycles. The lowest BCUT2D eigenvalue weighted by Gasteiger charge is -2.37. The van der Waals surface area contributed by atoms with Crippen LogP contribution in [0.3, 0.4) is 0 Å². The molecule has 0 aliphatic heterocycles. The van der Waals surface area contributed by atoms with E-state index in [9.17, 15) is 9.18 Å². The zero-order chi connectivity index (χ0) is 14.0. The van der Waals surface area contributed by atoms with Crippen LogP contribution in [-0.4, -0.2) is 18.5 Å². The second-order valence-electron chi connectivity index (χ2n) is 5.73. The molecular weight excluding hydrogens is 243 g/mol. The monoisotopic (exact) mass is 264 g/mol. The van der Waals surface area contributed by atoms with Crippen molar-refractivity contribution in [2.45, 2.75) is 45.1 Å². The molecule has 0 N–H and O–H groups in total. The Balaban J connectivity index is 2.30. The van der Waals surface area contributed by atoms with E-state index in [1.54, 1.807) is 20.1 Å². The zero-order valence-electron chi connectivity index (χ0n) is 11.8. The predicted molar refractivity (Wildman–Crippen MR) is 72.8 cm³/mol. The number of ether oxygens (including phenoxy) is 1. The van der Waals surface area contributed by atoms with Gasteiger partial charge in [0.2, 0.25) is 0 Å². The van der Waals surface area contributed by atoms with E-state index in [-0.39, 0.29) is 11.6 Å². The number of methoxy groups -OCH3 is 1. The van der Waals surface area contributed by atoms with E-state index in [0.717, 1.165) is 31.2 Å². The van der Waals surface area contributed by atoms with Gasteiger partial charge in [-0.25, -0.2) is 4.39 Å². The molecule has 0 aromatic heterocycles. The summed E-state index contributed by atoms with van der Waals surface area (Å²) < 4.78 is 19.0. The lowest BCUT2D eigenvalue weighted by Crippen LogP contribution is -2.43. The van der Waals surface area contributed by atoms with Crippen LogP contribution in [0, 0.1) is 18.7 Å². The van der Waals surface area contributed by atoms with E-state index in [4.69, 9.17) is 4.74 Å². The molecule has 2 rings (SSSR count). The minimum Gasteiger partial charge on any atom is -0.370 e. The van der Waals surface area contributed by atoms with Gasteiger partial charge in [0, 0.05) is 12.7 Å². The minimum absolute atomic E-state index is 0.0792. The van der Waals surface area contributed by atoms with Gasteiger partial charge in [0.25, 0.3) is 0 Å². The van der Waals surface area contributed by atoms with Crippen LogP contribution in [0.5, 0.6) is 0 Å². The van der Waals surface area contributed by atoms with Gasteiger partial charge < -0.3 is 4.74 Å². The SMILES string of the molecule is COC1(C(=O)c2cc(C)cc(F)c2)CCC(C)CC1. The van der Waals surface area contributed by atoms with E-state index < -0.39 is 5.60 Å². The third kappa shape index (κ3) is 2.86. The first kappa shape index (κ1) is 14.2. The fraction of sp³-hybridized carbons (Fsp3) is 0.562. The molecule has 0 bridgehead atoms. The summed E-state index contributed by atoms with van der Waals surface area (Å²) in [6.45, 7) is 3.98. The fourth-order valence-electron chi connectivity index (χ4n) is 2.88. The number of hydrogen-bond acceptors (Lipinski definition) is 2. The molecule has 0 heterocycles. The maximum absolute atomic E-state index is 13.5. The highest BCUT2D eigenvalue weighted by atomic mass is 19.1. The van der Waals surface area contributed by atoms with Gasteiger partial charge in [-0.2, -0.15) is 0 Å². The number of ketones is 1. The highest BCUT2D eigenvalue weighted by Gasteiger charge is 2.41. The third-order valence-electron chi connectivity index (χ3n) is 4.19. The Labute approximate surface area is 114 Å². The van der Waals surface area contributed by atoms with Crippen LogP contribution < -0.4 is 0 Å². The molecule has 1 saturated carbocycles. The van der Waals surface area contributed by atoms with Crippen LogP contribution in [0.4, 0.5) is 4.39 Å². The Kier molecular flexibility index (Phi) is 4.04. The van der Waals surface area contributed by atoms with Crippen LogP contribution in [0.1, 0.15) is 48.5 Å². The largest absolute Gasteiger partial charge is 0.370 e. The van der Waals surface area contributed by atoms with Crippen molar-refractivity contribution in [3.05, 3.63) is 35.1 Å². The van der Waals surface area contributed by atoms with Crippen LogP contribution >= 0.6 is 0 Å². The van der Waals surface area contributed by atoms with Gasteiger partial charge in [-0.05, 0) is 62.3 Å². The van der Waals surface area contributed by atoms with Gasteiger partial charge in [-0.3, -0.25) is 4.79 Å². The van der Waals surface area contributed by atoms with E-state index in [1.165, 1.54) is 12.1 Å². The number of aryl methyl sites for hydroxylation is 1. The smallest absolute Gasteiger partial charge is 0.194 e. The van der Waals surface area contributed by atoms with Crippen molar-refractivity contribution in [3.8, 4) is 0 Å². The molecule has 0 spiro atoms. The summed E-state index contributed by atoms with van der Waals surface area (Å²) in [5, 5.41) is 0. The number of rotatable bonds is 3. The van der Waals surface area contributed by atoms with Gasteiger partial charge in [0.15, 0.2) is 5.78 Å². The molecule has 1 aromatic carbocycles. The topological polar surface area (TPSA) is 26.3 Å². The zero-order valence-corrected chi connectivity index (χ0v) is 11.8. The average molecular weight is 264 g/mol. The number of carbonyl (C=O) groups is 1. The van der Waals surface area contributed by atoms with Crippen molar-refractivity contribution in [1.29, 1.82) is 0 Å².